The van der Waals surface area contributed by atoms with Crippen molar-refractivity contribution < 1.29 is 4.79 Å². The number of carbonyl (C=O) groups is 1. The second-order valence-corrected chi connectivity index (χ2v) is 8.14. The Morgan fingerprint density at radius 3 is 2.56 bits per heavy atom. The van der Waals surface area contributed by atoms with Gasteiger partial charge in [0.1, 0.15) is 0 Å². The minimum absolute atomic E-state index is 0.223. The summed E-state index contributed by atoms with van der Waals surface area (Å²) in [5.41, 5.74) is 3.69. The normalized spacial score (nSPS) is 20.5. The number of fused-ring (bicyclic) bond motifs is 1. The fourth-order valence-corrected chi connectivity index (χ4v) is 4.97. The average Bonchev–Trinajstić information content (AvgIpc) is 3.31. The van der Waals surface area contributed by atoms with E-state index in [0.29, 0.717) is 6.04 Å². The van der Waals surface area contributed by atoms with Gasteiger partial charge >= 0.3 is 0 Å². The summed E-state index contributed by atoms with van der Waals surface area (Å²) in [6.45, 7) is 4.04. The number of hydrogen-bond donors (Lipinski definition) is 1. The molecule has 1 atom stereocenters. The van der Waals surface area contributed by atoms with Gasteiger partial charge in [-0.1, -0.05) is 61.4 Å². The molecule has 2 aromatic rings. The molecule has 1 saturated carbocycles. The summed E-state index contributed by atoms with van der Waals surface area (Å²) in [5, 5.41) is 3.26. The number of amides is 1. The van der Waals surface area contributed by atoms with Crippen LogP contribution in [0.3, 0.4) is 0 Å². The van der Waals surface area contributed by atoms with Gasteiger partial charge in [-0.15, -0.1) is 0 Å². The predicted octanol–water partition coefficient (Wildman–Crippen LogP) is 4.46. The third-order valence-electron chi connectivity index (χ3n) is 6.43. The van der Waals surface area contributed by atoms with Crippen LogP contribution < -0.4 is 10.2 Å². The molecular weight excluding hydrogens is 332 g/mol. The van der Waals surface area contributed by atoms with E-state index in [2.05, 4.69) is 65.7 Å². The number of para-hydroxylation sites is 1. The van der Waals surface area contributed by atoms with Crippen LogP contribution in [-0.4, -0.2) is 25.0 Å². The maximum absolute atomic E-state index is 13.1. The van der Waals surface area contributed by atoms with Crippen molar-refractivity contribution in [1.82, 2.24) is 5.32 Å². The van der Waals surface area contributed by atoms with Crippen LogP contribution in [0.4, 0.5) is 5.69 Å². The number of nitrogens with one attached hydrogen (secondary N) is 1. The lowest BCUT2D eigenvalue weighted by Crippen LogP contribution is -2.43. The third-order valence-corrected chi connectivity index (χ3v) is 6.43. The van der Waals surface area contributed by atoms with E-state index in [0.717, 1.165) is 51.6 Å². The van der Waals surface area contributed by atoms with Crippen molar-refractivity contribution in [3.63, 3.8) is 0 Å². The molecule has 142 valence electrons. The lowest BCUT2D eigenvalue weighted by atomic mass is 9.78. The van der Waals surface area contributed by atoms with Crippen molar-refractivity contribution in [3.8, 4) is 0 Å². The Hall–Kier alpha value is -2.29. The Morgan fingerprint density at radius 1 is 1.07 bits per heavy atom. The van der Waals surface area contributed by atoms with E-state index in [1.54, 1.807) is 0 Å². The second-order valence-electron chi connectivity index (χ2n) is 8.14. The molecule has 1 aliphatic heterocycles. The molecule has 0 spiro atoms. The van der Waals surface area contributed by atoms with Gasteiger partial charge in [0.25, 0.3) is 0 Å². The van der Waals surface area contributed by atoms with Crippen LogP contribution in [0, 0.1) is 0 Å². The highest BCUT2D eigenvalue weighted by Crippen LogP contribution is 2.41. The zero-order chi connectivity index (χ0) is 18.7. The van der Waals surface area contributed by atoms with Gasteiger partial charge in [0.2, 0.25) is 5.91 Å². The van der Waals surface area contributed by atoms with Gasteiger partial charge in [-0.3, -0.25) is 4.79 Å². The Bertz CT molecular complexity index is 780. The molecule has 1 N–H and O–H groups in total. The summed E-state index contributed by atoms with van der Waals surface area (Å²) in [5.74, 6) is 0.223. The molecule has 0 aromatic heterocycles. The third kappa shape index (κ3) is 3.47. The molecule has 1 amide bonds. The van der Waals surface area contributed by atoms with Gasteiger partial charge in [-0.25, -0.2) is 0 Å². The Balaban J connectivity index is 1.34. The van der Waals surface area contributed by atoms with Gasteiger partial charge in [0.15, 0.2) is 0 Å². The Labute approximate surface area is 162 Å². The molecule has 0 radical (unpaired) electrons. The molecule has 3 heteroatoms. The van der Waals surface area contributed by atoms with Crippen molar-refractivity contribution in [3.05, 3.63) is 65.7 Å². The molecule has 1 fully saturated rings. The van der Waals surface area contributed by atoms with Crippen molar-refractivity contribution in [2.75, 3.05) is 18.0 Å². The number of benzene rings is 2. The highest BCUT2D eigenvalue weighted by Gasteiger charge is 2.42. The first-order chi connectivity index (χ1) is 13.2. The number of rotatable bonds is 6. The highest BCUT2D eigenvalue weighted by atomic mass is 16.2. The Kier molecular flexibility index (Phi) is 5.20. The van der Waals surface area contributed by atoms with Gasteiger partial charge < -0.3 is 10.2 Å². The SMILES string of the molecule is C[C@H]1Cc2ccccc2N1CCCNC(=O)C1(c2ccccc2)CCCC1. The van der Waals surface area contributed by atoms with E-state index < -0.39 is 0 Å². The van der Waals surface area contributed by atoms with Crippen molar-refractivity contribution in [2.24, 2.45) is 0 Å². The first-order valence-electron chi connectivity index (χ1n) is 10.4. The quantitative estimate of drug-likeness (QED) is 0.770. The van der Waals surface area contributed by atoms with Crippen molar-refractivity contribution >= 4 is 11.6 Å². The smallest absolute Gasteiger partial charge is 0.230 e. The summed E-state index contributed by atoms with van der Waals surface area (Å²) < 4.78 is 0. The summed E-state index contributed by atoms with van der Waals surface area (Å²) in [7, 11) is 0. The monoisotopic (exact) mass is 362 g/mol. The molecule has 0 saturated heterocycles. The molecule has 1 heterocycles. The molecule has 0 bridgehead atoms. The summed E-state index contributed by atoms with van der Waals surface area (Å²) in [4.78, 5) is 15.6. The zero-order valence-corrected chi connectivity index (χ0v) is 16.3. The lowest BCUT2D eigenvalue weighted by Gasteiger charge is -2.29. The van der Waals surface area contributed by atoms with E-state index in [4.69, 9.17) is 0 Å². The van der Waals surface area contributed by atoms with Crippen LogP contribution in [-0.2, 0) is 16.6 Å². The molecule has 1 aliphatic carbocycles. The summed E-state index contributed by atoms with van der Waals surface area (Å²) in [6.07, 6.45) is 6.34. The fraction of sp³-hybridized carbons (Fsp3) is 0.458. The first-order valence-corrected chi connectivity index (χ1v) is 10.4. The zero-order valence-electron chi connectivity index (χ0n) is 16.3. The molecule has 0 unspecified atom stereocenters. The predicted molar refractivity (Wildman–Crippen MR) is 111 cm³/mol. The highest BCUT2D eigenvalue weighted by molar-refractivity contribution is 5.88. The number of hydrogen-bond acceptors (Lipinski definition) is 2. The van der Waals surface area contributed by atoms with E-state index in [-0.39, 0.29) is 11.3 Å². The summed E-state index contributed by atoms with van der Waals surface area (Å²) >= 11 is 0. The van der Waals surface area contributed by atoms with E-state index in [9.17, 15) is 4.79 Å². The van der Waals surface area contributed by atoms with Crippen LogP contribution in [0.15, 0.2) is 54.6 Å². The number of anilines is 1. The fourth-order valence-electron chi connectivity index (χ4n) is 4.97. The lowest BCUT2D eigenvalue weighted by molar-refractivity contribution is -0.126. The van der Waals surface area contributed by atoms with E-state index in [1.165, 1.54) is 16.8 Å². The van der Waals surface area contributed by atoms with Crippen molar-refractivity contribution in [2.45, 2.75) is 56.9 Å². The molecule has 2 aromatic carbocycles. The van der Waals surface area contributed by atoms with Gasteiger partial charge in [0, 0.05) is 24.8 Å². The second kappa shape index (κ2) is 7.75. The van der Waals surface area contributed by atoms with Gasteiger partial charge in [-0.2, -0.15) is 0 Å². The average molecular weight is 363 g/mol. The molecule has 4 rings (SSSR count). The van der Waals surface area contributed by atoms with Crippen molar-refractivity contribution in [1.29, 1.82) is 0 Å². The minimum Gasteiger partial charge on any atom is -0.368 e. The molecular formula is C24H30N2O. The van der Waals surface area contributed by atoms with Crippen LogP contribution in [0.5, 0.6) is 0 Å². The van der Waals surface area contributed by atoms with Crippen LogP contribution in [0.25, 0.3) is 0 Å². The van der Waals surface area contributed by atoms with E-state index in [1.807, 2.05) is 6.07 Å². The first kappa shape index (κ1) is 18.1. The van der Waals surface area contributed by atoms with E-state index >= 15 is 0 Å². The number of nitrogens with zero attached hydrogens (tertiary/aromatic N) is 1. The molecule has 3 nitrogen and oxygen atoms in total. The molecule has 27 heavy (non-hydrogen) atoms. The minimum atomic E-state index is -0.311. The topological polar surface area (TPSA) is 32.3 Å². The van der Waals surface area contributed by atoms with Crippen LogP contribution in [0.1, 0.15) is 50.2 Å². The maximum Gasteiger partial charge on any atom is 0.230 e. The number of carbonyl (C=O) groups excluding carboxylic acids is 1. The summed E-state index contributed by atoms with van der Waals surface area (Å²) in [6, 6.07) is 19.6. The Morgan fingerprint density at radius 2 is 1.78 bits per heavy atom. The van der Waals surface area contributed by atoms with Crippen LogP contribution in [0.2, 0.25) is 0 Å². The van der Waals surface area contributed by atoms with Gasteiger partial charge in [-0.05, 0) is 49.8 Å². The standard InChI is InChI=1S/C24H30N2O/c1-19-18-20-10-5-6-13-22(20)26(19)17-9-16-25-23(27)24(14-7-8-15-24)21-11-3-2-4-12-21/h2-6,10-13,19H,7-9,14-18H2,1H3,(H,25,27)/t19-/m0/s1. The van der Waals surface area contributed by atoms with Crippen LogP contribution >= 0.6 is 0 Å². The maximum atomic E-state index is 13.1. The molecule has 2 aliphatic rings. The largest absolute Gasteiger partial charge is 0.368 e. The van der Waals surface area contributed by atoms with Gasteiger partial charge in [0.05, 0.1) is 5.41 Å².